The Morgan fingerprint density at radius 3 is 2.30 bits per heavy atom. The molecule has 2 aliphatic rings. The van der Waals surface area contributed by atoms with Gasteiger partial charge in [-0.2, -0.15) is 0 Å². The fraction of sp³-hybridized carbons (Fsp3) is 0.857. The summed E-state index contributed by atoms with van der Waals surface area (Å²) in [4.78, 5) is 28.3. The normalized spacial score (nSPS) is 31.1. The van der Waals surface area contributed by atoms with Gasteiger partial charge in [-0.05, 0) is 39.9 Å². The Hall–Kier alpha value is -1.14. The molecular formula is C14H25N3O3. The predicted octanol–water partition coefficient (Wildman–Crippen LogP) is -0.179. The number of carbonyl (C=O) groups is 2. The highest BCUT2D eigenvalue weighted by Gasteiger charge is 2.44. The first kappa shape index (κ1) is 15.3. The van der Waals surface area contributed by atoms with Gasteiger partial charge in [0.25, 0.3) is 5.91 Å². The third kappa shape index (κ3) is 2.81. The van der Waals surface area contributed by atoms with E-state index < -0.39 is 11.5 Å². The Kier molecular flexibility index (Phi) is 4.07. The molecule has 2 fully saturated rings. The van der Waals surface area contributed by atoms with Gasteiger partial charge in [0, 0.05) is 12.0 Å². The van der Waals surface area contributed by atoms with Crippen molar-refractivity contribution in [3.8, 4) is 0 Å². The van der Waals surface area contributed by atoms with Crippen molar-refractivity contribution in [1.82, 2.24) is 9.80 Å². The van der Waals surface area contributed by atoms with E-state index in [9.17, 15) is 9.59 Å². The van der Waals surface area contributed by atoms with E-state index in [1.165, 1.54) is 0 Å². The summed E-state index contributed by atoms with van der Waals surface area (Å²) in [6, 6.07) is 0. The summed E-state index contributed by atoms with van der Waals surface area (Å²) in [5.41, 5.74) is 3.99. The van der Waals surface area contributed by atoms with E-state index >= 15 is 0 Å². The molecule has 0 radical (unpaired) electrons. The van der Waals surface area contributed by atoms with Crippen molar-refractivity contribution < 1.29 is 14.3 Å². The summed E-state index contributed by atoms with van der Waals surface area (Å²) in [6.45, 7) is 6.70. The van der Waals surface area contributed by atoms with Crippen LogP contribution in [-0.4, -0.2) is 67.0 Å². The number of hydrogen-bond acceptors (Lipinski definition) is 4. The van der Waals surface area contributed by atoms with Crippen molar-refractivity contribution in [3.63, 3.8) is 0 Å². The van der Waals surface area contributed by atoms with Crippen molar-refractivity contribution in [3.05, 3.63) is 0 Å². The number of carbonyl (C=O) groups excluding carboxylic acids is 2. The Balaban J connectivity index is 2.07. The lowest BCUT2D eigenvalue weighted by Crippen LogP contribution is -2.60. The molecule has 0 bridgehead atoms. The molecule has 2 amide bonds. The molecule has 2 saturated heterocycles. The molecule has 6 heteroatoms. The molecule has 1 unspecified atom stereocenters. The highest BCUT2D eigenvalue weighted by atomic mass is 16.5. The van der Waals surface area contributed by atoms with Gasteiger partial charge < -0.3 is 20.3 Å². The van der Waals surface area contributed by atoms with Crippen LogP contribution >= 0.6 is 0 Å². The maximum Gasteiger partial charge on any atom is 0.251 e. The van der Waals surface area contributed by atoms with Crippen LogP contribution < -0.4 is 5.73 Å². The number of primary amides is 1. The second-order valence-corrected chi connectivity index (χ2v) is 6.53. The lowest BCUT2D eigenvalue weighted by molar-refractivity contribution is -0.166. The van der Waals surface area contributed by atoms with Gasteiger partial charge in [0.05, 0.1) is 13.2 Å². The largest absolute Gasteiger partial charge is 0.367 e. The van der Waals surface area contributed by atoms with Gasteiger partial charge >= 0.3 is 0 Å². The minimum atomic E-state index is -1.06. The smallest absolute Gasteiger partial charge is 0.251 e. The van der Waals surface area contributed by atoms with Crippen LogP contribution in [0.2, 0.25) is 0 Å². The molecular weight excluding hydrogens is 258 g/mol. The van der Waals surface area contributed by atoms with E-state index in [1.807, 2.05) is 6.92 Å². The van der Waals surface area contributed by atoms with Gasteiger partial charge in [-0.15, -0.1) is 0 Å². The SMILES string of the molecule is CN1CCC(C)(C(=O)N2CCOC(C)(C(N)=O)C2)CC1. The molecule has 20 heavy (non-hydrogen) atoms. The van der Waals surface area contributed by atoms with Gasteiger partial charge in [-0.1, -0.05) is 6.92 Å². The first-order valence-electron chi connectivity index (χ1n) is 7.19. The van der Waals surface area contributed by atoms with E-state index in [0.29, 0.717) is 13.2 Å². The Labute approximate surface area is 120 Å². The molecule has 2 heterocycles. The van der Waals surface area contributed by atoms with Crippen molar-refractivity contribution >= 4 is 11.8 Å². The average molecular weight is 283 g/mol. The van der Waals surface area contributed by atoms with Gasteiger partial charge in [0.1, 0.15) is 0 Å². The fourth-order valence-electron chi connectivity index (χ4n) is 2.90. The molecule has 0 aromatic rings. The summed E-state index contributed by atoms with van der Waals surface area (Å²) in [7, 11) is 2.07. The maximum absolute atomic E-state index is 12.8. The molecule has 2 rings (SSSR count). The second kappa shape index (κ2) is 5.33. The zero-order chi connectivity index (χ0) is 15.0. The lowest BCUT2D eigenvalue weighted by Gasteiger charge is -2.44. The molecule has 0 saturated carbocycles. The van der Waals surface area contributed by atoms with E-state index in [2.05, 4.69) is 11.9 Å². The molecule has 2 aliphatic heterocycles. The van der Waals surface area contributed by atoms with Crippen LogP contribution in [0.4, 0.5) is 0 Å². The molecule has 0 spiro atoms. The van der Waals surface area contributed by atoms with E-state index in [1.54, 1.807) is 11.8 Å². The number of rotatable bonds is 2. The van der Waals surface area contributed by atoms with E-state index in [0.717, 1.165) is 25.9 Å². The maximum atomic E-state index is 12.8. The van der Waals surface area contributed by atoms with Gasteiger partial charge in [0.2, 0.25) is 5.91 Å². The number of piperidine rings is 1. The number of hydrogen-bond donors (Lipinski definition) is 1. The quantitative estimate of drug-likeness (QED) is 0.763. The van der Waals surface area contributed by atoms with E-state index in [-0.39, 0.29) is 17.9 Å². The van der Waals surface area contributed by atoms with Crippen LogP contribution in [0.3, 0.4) is 0 Å². The van der Waals surface area contributed by atoms with Gasteiger partial charge in [-0.25, -0.2) is 0 Å². The number of morpholine rings is 1. The summed E-state index contributed by atoms with van der Waals surface area (Å²) < 4.78 is 5.47. The summed E-state index contributed by atoms with van der Waals surface area (Å²) >= 11 is 0. The van der Waals surface area contributed by atoms with Crippen LogP contribution in [-0.2, 0) is 14.3 Å². The molecule has 1 atom stereocenters. The number of amides is 2. The average Bonchev–Trinajstić information content (AvgIpc) is 2.41. The zero-order valence-corrected chi connectivity index (χ0v) is 12.6. The summed E-state index contributed by atoms with van der Waals surface area (Å²) in [6.07, 6.45) is 1.71. The molecule has 0 aliphatic carbocycles. The minimum Gasteiger partial charge on any atom is -0.367 e. The molecule has 6 nitrogen and oxygen atoms in total. The third-order valence-electron chi connectivity index (χ3n) is 4.69. The third-order valence-corrected chi connectivity index (χ3v) is 4.69. The number of ether oxygens (including phenoxy) is 1. The topological polar surface area (TPSA) is 75.9 Å². The van der Waals surface area contributed by atoms with Crippen molar-refractivity contribution in [2.24, 2.45) is 11.1 Å². The Morgan fingerprint density at radius 2 is 1.75 bits per heavy atom. The minimum absolute atomic E-state index is 0.126. The van der Waals surface area contributed by atoms with Crippen LogP contribution in [0.1, 0.15) is 26.7 Å². The lowest BCUT2D eigenvalue weighted by atomic mass is 9.78. The Bertz CT molecular complexity index is 404. The van der Waals surface area contributed by atoms with Crippen LogP contribution in [0.15, 0.2) is 0 Å². The number of likely N-dealkylation sites (tertiary alicyclic amines) is 1. The highest BCUT2D eigenvalue weighted by molar-refractivity contribution is 5.86. The van der Waals surface area contributed by atoms with Crippen LogP contribution in [0.5, 0.6) is 0 Å². The van der Waals surface area contributed by atoms with Crippen molar-refractivity contribution in [1.29, 1.82) is 0 Å². The van der Waals surface area contributed by atoms with Gasteiger partial charge in [-0.3, -0.25) is 9.59 Å². The number of nitrogens with two attached hydrogens (primary N) is 1. The highest BCUT2D eigenvalue weighted by Crippen LogP contribution is 2.33. The molecule has 114 valence electrons. The van der Waals surface area contributed by atoms with E-state index in [4.69, 9.17) is 10.5 Å². The van der Waals surface area contributed by atoms with Crippen molar-refractivity contribution in [2.45, 2.75) is 32.3 Å². The first-order chi connectivity index (χ1) is 9.27. The first-order valence-corrected chi connectivity index (χ1v) is 7.19. The number of nitrogens with zero attached hydrogens (tertiary/aromatic N) is 2. The summed E-state index contributed by atoms with van der Waals surface area (Å²) in [5.74, 6) is -0.384. The second-order valence-electron chi connectivity index (χ2n) is 6.53. The standard InChI is InChI=1S/C14H25N3O3/c1-13(4-6-16(3)7-5-13)12(19)17-8-9-20-14(2,10-17)11(15)18/h4-10H2,1-3H3,(H2,15,18). The fourth-order valence-corrected chi connectivity index (χ4v) is 2.90. The summed E-state index contributed by atoms with van der Waals surface area (Å²) in [5, 5.41) is 0. The van der Waals surface area contributed by atoms with Crippen molar-refractivity contribution in [2.75, 3.05) is 39.8 Å². The molecule has 2 N–H and O–H groups in total. The molecule has 0 aromatic carbocycles. The van der Waals surface area contributed by atoms with Crippen LogP contribution in [0.25, 0.3) is 0 Å². The monoisotopic (exact) mass is 283 g/mol. The van der Waals surface area contributed by atoms with Gasteiger partial charge in [0.15, 0.2) is 5.60 Å². The zero-order valence-electron chi connectivity index (χ0n) is 12.6. The van der Waals surface area contributed by atoms with Crippen LogP contribution in [0, 0.1) is 5.41 Å². The molecule has 0 aromatic heterocycles. The predicted molar refractivity (Wildman–Crippen MR) is 75.0 cm³/mol. The Morgan fingerprint density at radius 1 is 1.15 bits per heavy atom.